The van der Waals surface area contributed by atoms with Gasteiger partial charge in [-0.15, -0.1) is 0 Å². The quantitative estimate of drug-likeness (QED) is 0.687. The minimum atomic E-state index is -0.612. The van der Waals surface area contributed by atoms with Crippen LogP contribution >= 0.6 is 0 Å². The van der Waals surface area contributed by atoms with Gasteiger partial charge in [0.15, 0.2) is 5.78 Å². The number of ether oxygens (including phenoxy) is 1. The van der Waals surface area contributed by atoms with E-state index in [0.717, 1.165) is 32.1 Å². The maximum absolute atomic E-state index is 12.6. The highest BCUT2D eigenvalue weighted by Gasteiger charge is 2.52. The maximum Gasteiger partial charge on any atom is 0.307 e. The number of rotatable bonds is 3. The molecular weight excluding hydrogens is 294 g/mol. The van der Waals surface area contributed by atoms with Crippen molar-refractivity contribution in [3.63, 3.8) is 0 Å². The lowest BCUT2D eigenvalue weighted by atomic mass is 9.75. The molecule has 1 spiro atoms. The molecular formula is C18H21NO4. The highest BCUT2D eigenvalue weighted by Crippen LogP contribution is 2.44. The van der Waals surface area contributed by atoms with Crippen molar-refractivity contribution in [2.45, 2.75) is 51.0 Å². The van der Waals surface area contributed by atoms with Gasteiger partial charge in [0.2, 0.25) is 5.91 Å². The Hall–Kier alpha value is -2.17. The maximum atomic E-state index is 12.6. The lowest BCUT2D eigenvalue weighted by molar-refractivity contribution is -0.153. The molecule has 1 aromatic rings. The van der Waals surface area contributed by atoms with E-state index < -0.39 is 11.5 Å². The average Bonchev–Trinajstić information content (AvgIpc) is 2.84. The van der Waals surface area contributed by atoms with Gasteiger partial charge >= 0.3 is 5.97 Å². The molecule has 2 fully saturated rings. The minimum absolute atomic E-state index is 0.0150. The Morgan fingerprint density at radius 2 is 1.78 bits per heavy atom. The van der Waals surface area contributed by atoms with Crippen molar-refractivity contribution >= 4 is 23.3 Å². The summed E-state index contributed by atoms with van der Waals surface area (Å²) in [5.41, 5.74) is 0.620. The second-order valence-corrected chi connectivity index (χ2v) is 6.48. The number of hydrogen-bond donors (Lipinski definition) is 1. The molecule has 122 valence electrons. The van der Waals surface area contributed by atoms with Crippen LogP contribution in [0.2, 0.25) is 0 Å². The van der Waals surface area contributed by atoms with Crippen LogP contribution in [0.1, 0.15) is 55.8 Å². The SMILES string of the molecule is CC(=O)c1ccc(NC(=O)C2CC(=O)OC23CCCCC3)cc1. The zero-order chi connectivity index (χ0) is 16.4. The third-order valence-electron chi connectivity index (χ3n) is 4.90. The molecule has 1 saturated carbocycles. The normalized spacial score (nSPS) is 22.7. The summed E-state index contributed by atoms with van der Waals surface area (Å²) in [5.74, 6) is -0.895. The van der Waals surface area contributed by atoms with Crippen LogP contribution in [-0.4, -0.2) is 23.3 Å². The summed E-state index contributed by atoms with van der Waals surface area (Å²) in [6.07, 6.45) is 4.78. The number of Topliss-reactive ketones (excluding diaryl/α,β-unsaturated/α-hetero) is 1. The van der Waals surface area contributed by atoms with Crippen molar-refractivity contribution in [2.24, 2.45) is 5.92 Å². The van der Waals surface area contributed by atoms with E-state index in [4.69, 9.17) is 4.74 Å². The predicted molar refractivity (Wildman–Crippen MR) is 85.1 cm³/mol. The molecule has 1 unspecified atom stereocenters. The molecule has 5 heteroatoms. The van der Waals surface area contributed by atoms with Gasteiger partial charge < -0.3 is 10.1 Å². The molecule has 1 saturated heterocycles. The third-order valence-corrected chi connectivity index (χ3v) is 4.90. The predicted octanol–water partition coefficient (Wildman–Crippen LogP) is 3.09. The van der Waals surface area contributed by atoms with E-state index in [-0.39, 0.29) is 24.1 Å². The van der Waals surface area contributed by atoms with Crippen LogP contribution in [0.15, 0.2) is 24.3 Å². The number of benzene rings is 1. The Bertz CT molecular complexity index is 629. The number of carbonyl (C=O) groups is 3. The van der Waals surface area contributed by atoms with E-state index in [2.05, 4.69) is 5.32 Å². The van der Waals surface area contributed by atoms with Crippen LogP contribution in [0.4, 0.5) is 5.69 Å². The smallest absolute Gasteiger partial charge is 0.307 e. The zero-order valence-electron chi connectivity index (χ0n) is 13.3. The molecule has 1 amide bonds. The third kappa shape index (κ3) is 3.14. The van der Waals surface area contributed by atoms with E-state index in [1.807, 2.05) is 0 Å². The number of carbonyl (C=O) groups excluding carboxylic acids is 3. The topological polar surface area (TPSA) is 72.5 Å². The highest BCUT2D eigenvalue weighted by molar-refractivity contribution is 5.98. The summed E-state index contributed by atoms with van der Waals surface area (Å²) in [4.78, 5) is 35.7. The number of nitrogens with one attached hydrogen (secondary N) is 1. The van der Waals surface area contributed by atoms with Gasteiger partial charge in [-0.25, -0.2) is 0 Å². The lowest BCUT2D eigenvalue weighted by Crippen LogP contribution is -2.43. The van der Waals surface area contributed by atoms with Crippen LogP contribution in [0.5, 0.6) is 0 Å². The second kappa shape index (κ2) is 6.14. The van der Waals surface area contributed by atoms with Crippen LogP contribution < -0.4 is 5.32 Å². The van der Waals surface area contributed by atoms with Crippen molar-refractivity contribution in [1.29, 1.82) is 0 Å². The van der Waals surface area contributed by atoms with Crippen molar-refractivity contribution in [2.75, 3.05) is 5.32 Å². The molecule has 1 atom stereocenters. The van der Waals surface area contributed by atoms with Crippen LogP contribution in [-0.2, 0) is 14.3 Å². The molecule has 0 radical (unpaired) electrons. The summed E-state index contributed by atoms with van der Waals surface area (Å²) in [6.45, 7) is 1.50. The molecule has 1 aliphatic carbocycles. The Kier molecular flexibility index (Phi) is 4.20. The Balaban J connectivity index is 1.73. The summed E-state index contributed by atoms with van der Waals surface area (Å²) in [7, 11) is 0. The largest absolute Gasteiger partial charge is 0.458 e. The van der Waals surface area contributed by atoms with E-state index in [1.54, 1.807) is 24.3 Å². The molecule has 0 bridgehead atoms. The van der Waals surface area contributed by atoms with Crippen molar-refractivity contribution in [3.05, 3.63) is 29.8 Å². The first-order chi connectivity index (χ1) is 11.0. The highest BCUT2D eigenvalue weighted by atomic mass is 16.6. The summed E-state index contributed by atoms with van der Waals surface area (Å²) in [6, 6.07) is 6.79. The fraction of sp³-hybridized carbons (Fsp3) is 0.500. The van der Waals surface area contributed by atoms with E-state index >= 15 is 0 Å². The molecule has 2 aliphatic rings. The standard InChI is InChI=1S/C18H21NO4/c1-12(20)13-5-7-14(8-6-13)19-17(22)15-11-16(21)23-18(15)9-3-2-4-10-18/h5-8,15H,2-4,9-11H2,1H3,(H,19,22). The second-order valence-electron chi connectivity index (χ2n) is 6.48. The molecule has 1 aliphatic heterocycles. The van der Waals surface area contributed by atoms with Crippen LogP contribution in [0, 0.1) is 5.92 Å². The van der Waals surface area contributed by atoms with Gasteiger partial charge in [-0.1, -0.05) is 6.42 Å². The van der Waals surface area contributed by atoms with Crippen molar-refractivity contribution in [3.8, 4) is 0 Å². The number of amides is 1. The Morgan fingerprint density at radius 3 is 2.39 bits per heavy atom. The first-order valence-corrected chi connectivity index (χ1v) is 8.14. The summed E-state index contributed by atoms with van der Waals surface area (Å²) < 4.78 is 5.57. The van der Waals surface area contributed by atoms with Gasteiger partial charge in [-0.05, 0) is 56.9 Å². The van der Waals surface area contributed by atoms with Gasteiger partial charge in [0.05, 0.1) is 12.3 Å². The fourth-order valence-electron chi connectivity index (χ4n) is 3.64. The van der Waals surface area contributed by atoms with Gasteiger partial charge in [0.1, 0.15) is 5.60 Å². The van der Waals surface area contributed by atoms with Gasteiger partial charge in [-0.2, -0.15) is 0 Å². The first-order valence-electron chi connectivity index (χ1n) is 8.14. The van der Waals surface area contributed by atoms with Crippen molar-refractivity contribution in [1.82, 2.24) is 0 Å². The van der Waals surface area contributed by atoms with Crippen LogP contribution in [0.3, 0.4) is 0 Å². The van der Waals surface area contributed by atoms with E-state index in [0.29, 0.717) is 11.3 Å². The summed E-state index contributed by atoms with van der Waals surface area (Å²) in [5, 5.41) is 2.86. The molecule has 5 nitrogen and oxygen atoms in total. The molecule has 1 heterocycles. The number of esters is 1. The summed E-state index contributed by atoms with van der Waals surface area (Å²) >= 11 is 0. The number of anilines is 1. The average molecular weight is 315 g/mol. The number of ketones is 1. The van der Waals surface area contributed by atoms with Gasteiger partial charge in [-0.3, -0.25) is 14.4 Å². The van der Waals surface area contributed by atoms with Gasteiger partial charge in [0, 0.05) is 11.3 Å². The minimum Gasteiger partial charge on any atom is -0.458 e. The molecule has 1 N–H and O–H groups in total. The van der Waals surface area contributed by atoms with E-state index in [9.17, 15) is 14.4 Å². The zero-order valence-corrected chi connectivity index (χ0v) is 13.3. The molecule has 0 aromatic heterocycles. The fourth-order valence-corrected chi connectivity index (χ4v) is 3.64. The monoisotopic (exact) mass is 315 g/mol. The number of hydrogen-bond acceptors (Lipinski definition) is 4. The lowest BCUT2D eigenvalue weighted by Gasteiger charge is -2.36. The van der Waals surface area contributed by atoms with Gasteiger partial charge in [0.25, 0.3) is 0 Å². The van der Waals surface area contributed by atoms with E-state index in [1.165, 1.54) is 6.92 Å². The molecule has 23 heavy (non-hydrogen) atoms. The van der Waals surface area contributed by atoms with Crippen molar-refractivity contribution < 1.29 is 19.1 Å². The van der Waals surface area contributed by atoms with Crippen LogP contribution in [0.25, 0.3) is 0 Å². The Morgan fingerprint density at radius 1 is 1.13 bits per heavy atom. The molecule has 1 aromatic carbocycles. The molecule has 3 rings (SSSR count). The Labute approximate surface area is 135 Å². The first kappa shape index (κ1) is 15.7.